The van der Waals surface area contributed by atoms with E-state index >= 15 is 0 Å². The molecule has 0 aliphatic carbocycles. The number of carbonyl (C=O) groups excluding carboxylic acids is 1. The summed E-state index contributed by atoms with van der Waals surface area (Å²) in [7, 11) is 0. The maximum Gasteiger partial charge on any atom is 0.259 e. The summed E-state index contributed by atoms with van der Waals surface area (Å²) in [5, 5.41) is 7.85. The van der Waals surface area contributed by atoms with Crippen LogP contribution in [0.5, 0.6) is 0 Å². The monoisotopic (exact) mass is 416 g/mol. The Morgan fingerprint density at radius 2 is 1.97 bits per heavy atom. The van der Waals surface area contributed by atoms with Crippen LogP contribution in [0.3, 0.4) is 0 Å². The number of benzene rings is 2. The van der Waals surface area contributed by atoms with Gasteiger partial charge in [0.05, 0.1) is 11.6 Å². The molecule has 0 fully saturated rings. The number of H-pyrrole nitrogens is 1. The van der Waals surface area contributed by atoms with Crippen molar-refractivity contribution in [2.75, 3.05) is 0 Å². The second kappa shape index (κ2) is 8.95. The van der Waals surface area contributed by atoms with Gasteiger partial charge in [0.25, 0.3) is 5.56 Å². The molecular formula is C24H24N4O3. The first-order valence-corrected chi connectivity index (χ1v) is 10.3. The van der Waals surface area contributed by atoms with Gasteiger partial charge in [-0.1, -0.05) is 47.1 Å². The predicted molar refractivity (Wildman–Crippen MR) is 119 cm³/mol. The van der Waals surface area contributed by atoms with Crippen LogP contribution in [-0.4, -0.2) is 21.0 Å². The topological polar surface area (TPSA) is 101 Å². The maximum atomic E-state index is 12.4. The number of amides is 1. The summed E-state index contributed by atoms with van der Waals surface area (Å²) >= 11 is 0. The first-order valence-electron chi connectivity index (χ1n) is 10.3. The zero-order valence-corrected chi connectivity index (χ0v) is 17.5. The Labute approximate surface area is 179 Å². The van der Waals surface area contributed by atoms with E-state index in [1.807, 2.05) is 62.4 Å². The van der Waals surface area contributed by atoms with E-state index in [4.69, 9.17) is 4.52 Å². The zero-order chi connectivity index (χ0) is 21.8. The molecule has 31 heavy (non-hydrogen) atoms. The molecule has 0 aliphatic heterocycles. The molecule has 2 aromatic carbocycles. The number of aryl methyl sites for hydroxylation is 2. The molecule has 0 spiro atoms. The van der Waals surface area contributed by atoms with Gasteiger partial charge in [0.15, 0.2) is 0 Å². The van der Waals surface area contributed by atoms with E-state index < -0.39 is 0 Å². The lowest BCUT2D eigenvalue weighted by molar-refractivity contribution is -0.121. The summed E-state index contributed by atoms with van der Waals surface area (Å²) < 4.78 is 5.30. The third-order valence-electron chi connectivity index (χ3n) is 5.18. The number of carbonyl (C=O) groups is 1. The van der Waals surface area contributed by atoms with Crippen molar-refractivity contribution in [3.05, 3.63) is 82.0 Å². The lowest BCUT2D eigenvalue weighted by Crippen LogP contribution is -2.26. The average molecular weight is 416 g/mol. The predicted octanol–water partition coefficient (Wildman–Crippen LogP) is 4.09. The van der Waals surface area contributed by atoms with Gasteiger partial charge >= 0.3 is 0 Å². The molecule has 7 nitrogen and oxygen atoms in total. The van der Waals surface area contributed by atoms with E-state index in [2.05, 4.69) is 20.4 Å². The summed E-state index contributed by atoms with van der Waals surface area (Å²) in [6, 6.07) is 17.4. The molecule has 0 aliphatic rings. The van der Waals surface area contributed by atoms with E-state index in [0.29, 0.717) is 30.7 Å². The highest BCUT2D eigenvalue weighted by Gasteiger charge is 2.14. The number of hydrogen-bond acceptors (Lipinski definition) is 5. The Hall–Kier alpha value is -3.74. The van der Waals surface area contributed by atoms with Crippen molar-refractivity contribution in [2.24, 2.45) is 0 Å². The van der Waals surface area contributed by atoms with Gasteiger partial charge < -0.3 is 14.8 Å². The Balaban J connectivity index is 1.36. The van der Waals surface area contributed by atoms with Gasteiger partial charge in [0.1, 0.15) is 0 Å². The largest absolute Gasteiger partial charge is 0.350 e. The molecule has 4 rings (SSSR count). The first-order chi connectivity index (χ1) is 15.0. The number of aromatic amines is 1. The lowest BCUT2D eigenvalue weighted by Gasteiger charge is -2.13. The van der Waals surface area contributed by atoms with Crippen LogP contribution >= 0.6 is 0 Å². The van der Waals surface area contributed by atoms with Gasteiger partial charge in [-0.2, -0.15) is 4.98 Å². The summed E-state index contributed by atoms with van der Waals surface area (Å²) in [6.45, 7) is 3.95. The first kappa shape index (κ1) is 20.5. The number of pyridine rings is 1. The van der Waals surface area contributed by atoms with Crippen molar-refractivity contribution in [2.45, 2.75) is 39.2 Å². The molecule has 7 heteroatoms. The van der Waals surface area contributed by atoms with Crippen molar-refractivity contribution in [3.8, 4) is 11.4 Å². The van der Waals surface area contributed by atoms with Crippen LogP contribution in [0.15, 0.2) is 63.9 Å². The quantitative estimate of drug-likeness (QED) is 0.473. The van der Waals surface area contributed by atoms with Crippen molar-refractivity contribution in [3.63, 3.8) is 0 Å². The summed E-state index contributed by atoms with van der Waals surface area (Å²) in [5.41, 5.74) is 3.02. The highest BCUT2D eigenvalue weighted by Crippen LogP contribution is 2.19. The lowest BCUT2D eigenvalue weighted by atomic mass is 10.1. The van der Waals surface area contributed by atoms with Crippen molar-refractivity contribution in [1.82, 2.24) is 20.4 Å². The van der Waals surface area contributed by atoms with Crippen molar-refractivity contribution >= 4 is 16.8 Å². The zero-order valence-electron chi connectivity index (χ0n) is 17.5. The van der Waals surface area contributed by atoms with Gasteiger partial charge in [-0.3, -0.25) is 9.59 Å². The Kier molecular flexibility index (Phi) is 5.93. The number of nitrogens with zero attached hydrogens (tertiary/aromatic N) is 2. The van der Waals surface area contributed by atoms with Gasteiger partial charge in [0, 0.05) is 18.4 Å². The Bertz CT molecular complexity index is 1260. The fourth-order valence-corrected chi connectivity index (χ4v) is 3.50. The highest BCUT2D eigenvalue weighted by molar-refractivity contribution is 5.82. The molecule has 4 aromatic rings. The summed E-state index contributed by atoms with van der Waals surface area (Å²) in [4.78, 5) is 31.8. The summed E-state index contributed by atoms with van der Waals surface area (Å²) in [5.74, 6) is 0.627. The molecule has 2 aromatic heterocycles. The molecule has 158 valence electrons. The number of fused-ring (bicyclic) bond motifs is 1. The number of rotatable bonds is 7. The molecule has 1 unspecified atom stereocenters. The molecule has 0 saturated carbocycles. The van der Waals surface area contributed by atoms with E-state index in [0.717, 1.165) is 22.0 Å². The molecule has 2 heterocycles. The smallest absolute Gasteiger partial charge is 0.259 e. The van der Waals surface area contributed by atoms with Crippen LogP contribution in [0.25, 0.3) is 22.3 Å². The highest BCUT2D eigenvalue weighted by atomic mass is 16.5. The normalized spacial score (nSPS) is 12.1. The number of aromatic nitrogens is 3. The van der Waals surface area contributed by atoms with E-state index in [1.54, 1.807) is 6.07 Å². The third kappa shape index (κ3) is 4.88. The van der Waals surface area contributed by atoms with Crippen molar-refractivity contribution < 1.29 is 9.32 Å². The third-order valence-corrected chi connectivity index (χ3v) is 5.18. The second-order valence-electron chi connectivity index (χ2n) is 7.67. The van der Waals surface area contributed by atoms with Gasteiger partial charge in [-0.25, -0.2) is 0 Å². The van der Waals surface area contributed by atoms with Gasteiger partial charge in [0.2, 0.25) is 17.6 Å². The number of hydrogen-bond donors (Lipinski definition) is 2. The van der Waals surface area contributed by atoms with Gasteiger partial charge in [-0.15, -0.1) is 0 Å². The van der Waals surface area contributed by atoms with E-state index in [-0.39, 0.29) is 23.3 Å². The fraction of sp³-hybridized carbons (Fsp3) is 0.250. The van der Waals surface area contributed by atoms with Crippen LogP contribution in [0, 0.1) is 6.92 Å². The fourth-order valence-electron chi connectivity index (χ4n) is 3.50. The average Bonchev–Trinajstić information content (AvgIpc) is 3.22. The van der Waals surface area contributed by atoms with Crippen LogP contribution < -0.4 is 10.9 Å². The molecule has 0 saturated heterocycles. The minimum atomic E-state index is -0.266. The molecule has 1 atom stereocenters. The van der Waals surface area contributed by atoms with Crippen molar-refractivity contribution in [1.29, 1.82) is 0 Å². The Morgan fingerprint density at radius 1 is 1.16 bits per heavy atom. The molecule has 2 N–H and O–H groups in total. The molecule has 0 bridgehead atoms. The van der Waals surface area contributed by atoms with Crippen LogP contribution in [0.2, 0.25) is 0 Å². The Morgan fingerprint density at radius 3 is 2.77 bits per heavy atom. The number of nitrogens with one attached hydrogen (secondary N) is 2. The minimum Gasteiger partial charge on any atom is -0.350 e. The molecule has 1 amide bonds. The summed E-state index contributed by atoms with van der Waals surface area (Å²) in [6.07, 6.45) is 1.39. The van der Waals surface area contributed by atoms with Crippen LogP contribution in [0.1, 0.15) is 42.8 Å². The van der Waals surface area contributed by atoms with Gasteiger partial charge in [-0.05, 0) is 49.4 Å². The molecular weight excluding hydrogens is 392 g/mol. The minimum absolute atomic E-state index is 0.0302. The maximum absolute atomic E-state index is 12.4. The van der Waals surface area contributed by atoms with E-state index in [9.17, 15) is 9.59 Å². The standard InChI is InChI=1S/C24H24N4O3/c1-15-11-12-20-18(13-15)14-19(24(30)26-20)23-27-22(31-28-23)10-6-9-21(29)25-16(2)17-7-4-3-5-8-17/h3-5,7-8,11-14,16H,6,9-10H2,1-2H3,(H,25,29)(H,26,30). The molecule has 0 radical (unpaired) electrons. The SMILES string of the molecule is Cc1ccc2[nH]c(=O)c(-c3noc(CCCC(=O)NC(C)c4ccccc4)n3)cc2c1. The van der Waals surface area contributed by atoms with Crippen LogP contribution in [-0.2, 0) is 11.2 Å². The van der Waals surface area contributed by atoms with Crippen LogP contribution in [0.4, 0.5) is 0 Å². The van der Waals surface area contributed by atoms with E-state index in [1.165, 1.54) is 0 Å². The second-order valence-corrected chi connectivity index (χ2v) is 7.67.